The van der Waals surface area contributed by atoms with Gasteiger partial charge in [-0.1, -0.05) is 19.9 Å². The van der Waals surface area contributed by atoms with Crippen molar-refractivity contribution in [1.82, 2.24) is 24.8 Å². The standard InChI is InChI=1S/C28H35FN6O5/c1-16(2)12-23-25-19(20(29)14-30-23)13-18(31-25)15-35-17(3)10-11-22(27(35)38)32-26(37)21(33-28(39)40)8-6-7-9-24(36)34(4)5/h7,9-11,13-14,16,21,31,33H,6,8,12,15H2,1-5H3,(H,32,37)(H,39,40)/b9-7+/t21-/m0/s1. The highest BCUT2D eigenvalue weighted by atomic mass is 19.1. The highest BCUT2D eigenvalue weighted by molar-refractivity contribution is 5.96. The number of nitrogens with one attached hydrogen (secondary N) is 3. The van der Waals surface area contributed by atoms with Crippen molar-refractivity contribution in [3.05, 3.63) is 69.8 Å². The van der Waals surface area contributed by atoms with Crippen LogP contribution in [-0.2, 0) is 22.6 Å². The monoisotopic (exact) mass is 554 g/mol. The number of carbonyl (C=O) groups is 3. The van der Waals surface area contributed by atoms with Gasteiger partial charge in [-0.3, -0.25) is 19.4 Å². The maximum Gasteiger partial charge on any atom is 0.405 e. The lowest BCUT2D eigenvalue weighted by molar-refractivity contribution is -0.123. The number of pyridine rings is 2. The third kappa shape index (κ3) is 7.55. The summed E-state index contributed by atoms with van der Waals surface area (Å²) in [5.74, 6) is -1.10. The Morgan fingerprint density at radius 1 is 1.25 bits per heavy atom. The number of hydrogen-bond acceptors (Lipinski definition) is 5. The Hall–Kier alpha value is -4.48. The van der Waals surface area contributed by atoms with Crippen LogP contribution in [0.15, 0.2) is 41.3 Å². The minimum absolute atomic E-state index is 0.0319. The number of hydrogen-bond donors (Lipinski definition) is 4. The first-order chi connectivity index (χ1) is 18.9. The third-order valence-electron chi connectivity index (χ3n) is 6.27. The van der Waals surface area contributed by atoms with Gasteiger partial charge in [0, 0.05) is 30.9 Å². The highest BCUT2D eigenvalue weighted by Gasteiger charge is 2.22. The molecule has 0 radical (unpaired) electrons. The van der Waals surface area contributed by atoms with E-state index in [1.165, 1.54) is 27.8 Å². The number of aromatic amines is 1. The molecule has 0 saturated heterocycles. The van der Waals surface area contributed by atoms with E-state index >= 15 is 0 Å². The second kappa shape index (κ2) is 13.0. The predicted octanol–water partition coefficient (Wildman–Crippen LogP) is 3.42. The van der Waals surface area contributed by atoms with E-state index in [1.54, 1.807) is 39.2 Å². The molecule has 40 heavy (non-hydrogen) atoms. The van der Waals surface area contributed by atoms with Crippen LogP contribution in [0.4, 0.5) is 14.9 Å². The van der Waals surface area contributed by atoms with Crippen LogP contribution in [0.3, 0.4) is 0 Å². The van der Waals surface area contributed by atoms with E-state index in [4.69, 9.17) is 0 Å². The lowest BCUT2D eigenvalue weighted by Gasteiger charge is -2.17. The van der Waals surface area contributed by atoms with Gasteiger partial charge in [-0.15, -0.1) is 0 Å². The first-order valence-corrected chi connectivity index (χ1v) is 12.9. The quantitative estimate of drug-likeness (QED) is 0.267. The summed E-state index contributed by atoms with van der Waals surface area (Å²) >= 11 is 0. The molecule has 0 aliphatic carbocycles. The van der Waals surface area contributed by atoms with Crippen LogP contribution in [0.2, 0.25) is 0 Å². The van der Waals surface area contributed by atoms with Crippen molar-refractivity contribution in [2.45, 2.75) is 52.6 Å². The SMILES string of the molecule is Cc1ccc(NC(=O)[C@H](CC/C=C/C(=O)N(C)C)NC(=O)O)c(=O)n1Cc1cc2c(F)cnc(CC(C)C)c2[nH]1. The molecule has 0 aromatic carbocycles. The van der Waals surface area contributed by atoms with Crippen molar-refractivity contribution in [2.75, 3.05) is 19.4 Å². The van der Waals surface area contributed by atoms with Gasteiger partial charge in [0.15, 0.2) is 5.82 Å². The number of H-pyrrole nitrogens is 1. The highest BCUT2D eigenvalue weighted by Crippen LogP contribution is 2.23. The van der Waals surface area contributed by atoms with Gasteiger partial charge in [0.25, 0.3) is 5.56 Å². The average molecular weight is 555 g/mol. The van der Waals surface area contributed by atoms with Crippen LogP contribution >= 0.6 is 0 Å². The van der Waals surface area contributed by atoms with Gasteiger partial charge in [-0.25, -0.2) is 9.18 Å². The minimum Gasteiger partial charge on any atom is -0.465 e. The molecule has 4 N–H and O–H groups in total. The minimum atomic E-state index is -1.40. The van der Waals surface area contributed by atoms with Crippen LogP contribution in [0, 0.1) is 18.7 Å². The summed E-state index contributed by atoms with van der Waals surface area (Å²) in [6.45, 7) is 5.91. The zero-order chi connectivity index (χ0) is 29.6. The Morgan fingerprint density at radius 3 is 2.62 bits per heavy atom. The van der Waals surface area contributed by atoms with Crippen molar-refractivity contribution in [2.24, 2.45) is 5.92 Å². The smallest absolute Gasteiger partial charge is 0.405 e. The van der Waals surface area contributed by atoms with E-state index in [0.717, 1.165) is 5.69 Å². The van der Waals surface area contributed by atoms with Gasteiger partial charge in [-0.2, -0.15) is 0 Å². The molecule has 0 saturated carbocycles. The van der Waals surface area contributed by atoms with Crippen LogP contribution in [0.5, 0.6) is 0 Å². The molecule has 12 heteroatoms. The molecule has 1 atom stereocenters. The van der Waals surface area contributed by atoms with E-state index in [2.05, 4.69) is 20.6 Å². The summed E-state index contributed by atoms with van der Waals surface area (Å²) in [5.41, 5.74) is 1.99. The number of aromatic nitrogens is 3. The van der Waals surface area contributed by atoms with E-state index in [9.17, 15) is 28.7 Å². The Balaban J connectivity index is 1.82. The number of aryl methyl sites for hydroxylation is 1. The van der Waals surface area contributed by atoms with Crippen molar-refractivity contribution >= 4 is 34.5 Å². The normalized spacial score (nSPS) is 12.2. The second-order valence-electron chi connectivity index (χ2n) is 10.2. The summed E-state index contributed by atoms with van der Waals surface area (Å²) in [5, 5.41) is 14.3. The van der Waals surface area contributed by atoms with Crippen LogP contribution in [-0.4, -0.2) is 62.6 Å². The number of allylic oxidation sites excluding steroid dienone is 1. The molecular formula is C28H35FN6O5. The predicted molar refractivity (Wildman–Crippen MR) is 150 cm³/mol. The van der Waals surface area contributed by atoms with Crippen molar-refractivity contribution in [1.29, 1.82) is 0 Å². The Morgan fingerprint density at radius 2 is 1.98 bits per heavy atom. The number of carboxylic acid groups (broad SMARTS) is 1. The first kappa shape index (κ1) is 30.1. The number of fused-ring (bicyclic) bond motifs is 1. The summed E-state index contributed by atoms with van der Waals surface area (Å²) in [6.07, 6.45) is 3.67. The number of amides is 3. The van der Waals surface area contributed by atoms with Crippen LogP contribution < -0.4 is 16.2 Å². The number of rotatable bonds is 11. The largest absolute Gasteiger partial charge is 0.465 e. The van der Waals surface area contributed by atoms with E-state index < -0.39 is 29.4 Å². The van der Waals surface area contributed by atoms with Gasteiger partial charge < -0.3 is 30.2 Å². The van der Waals surface area contributed by atoms with Gasteiger partial charge in [-0.05, 0) is 56.4 Å². The van der Waals surface area contributed by atoms with E-state index in [1.807, 2.05) is 13.8 Å². The number of likely N-dealkylation sites (N-methyl/N-ethyl adjacent to an activating group) is 1. The fourth-order valence-corrected chi connectivity index (χ4v) is 4.19. The van der Waals surface area contributed by atoms with Crippen LogP contribution in [0.1, 0.15) is 43.8 Å². The first-order valence-electron chi connectivity index (χ1n) is 12.9. The van der Waals surface area contributed by atoms with Crippen molar-refractivity contribution in [3.8, 4) is 0 Å². The van der Waals surface area contributed by atoms with E-state index in [-0.39, 0.29) is 31.0 Å². The Labute approximate surface area is 231 Å². The molecule has 3 rings (SSSR count). The maximum absolute atomic E-state index is 14.5. The summed E-state index contributed by atoms with van der Waals surface area (Å²) in [7, 11) is 3.20. The Kier molecular flexibility index (Phi) is 9.81. The molecule has 3 aromatic rings. The number of carbonyl (C=O) groups excluding carboxylic acids is 2. The van der Waals surface area contributed by atoms with Crippen molar-refractivity contribution in [3.63, 3.8) is 0 Å². The second-order valence-corrected chi connectivity index (χ2v) is 10.2. The molecular weight excluding hydrogens is 519 g/mol. The van der Waals surface area contributed by atoms with Gasteiger partial charge >= 0.3 is 6.09 Å². The molecule has 0 bridgehead atoms. The molecule has 3 aromatic heterocycles. The lowest BCUT2D eigenvalue weighted by atomic mass is 10.1. The lowest BCUT2D eigenvalue weighted by Crippen LogP contribution is -2.44. The molecule has 214 valence electrons. The Bertz CT molecular complexity index is 1490. The number of anilines is 1. The summed E-state index contributed by atoms with van der Waals surface area (Å²) in [6, 6.07) is 3.60. The fourth-order valence-electron chi connectivity index (χ4n) is 4.19. The molecule has 0 fully saturated rings. The number of nitrogens with zero attached hydrogens (tertiary/aromatic N) is 3. The summed E-state index contributed by atoms with van der Waals surface area (Å²) in [4.78, 5) is 58.0. The molecule has 3 amide bonds. The van der Waals surface area contributed by atoms with Crippen LogP contribution in [0.25, 0.3) is 10.9 Å². The molecule has 11 nitrogen and oxygen atoms in total. The average Bonchev–Trinajstić information content (AvgIpc) is 3.31. The zero-order valence-corrected chi connectivity index (χ0v) is 23.2. The number of halogens is 1. The van der Waals surface area contributed by atoms with Gasteiger partial charge in [0.2, 0.25) is 11.8 Å². The molecule has 0 spiro atoms. The zero-order valence-electron chi connectivity index (χ0n) is 23.2. The maximum atomic E-state index is 14.5. The van der Waals surface area contributed by atoms with E-state index in [0.29, 0.717) is 34.6 Å². The topological polar surface area (TPSA) is 149 Å². The summed E-state index contributed by atoms with van der Waals surface area (Å²) < 4.78 is 15.9. The molecule has 0 unspecified atom stereocenters. The molecule has 3 heterocycles. The third-order valence-corrected chi connectivity index (χ3v) is 6.27. The fraction of sp³-hybridized carbons (Fsp3) is 0.393. The van der Waals surface area contributed by atoms with Gasteiger partial charge in [0.1, 0.15) is 11.7 Å². The van der Waals surface area contributed by atoms with Gasteiger partial charge in [0.05, 0.1) is 24.0 Å². The molecule has 0 aliphatic rings. The molecule has 0 aliphatic heterocycles. The van der Waals surface area contributed by atoms with Crippen molar-refractivity contribution < 1.29 is 23.9 Å².